The van der Waals surface area contributed by atoms with Crippen LogP contribution in [-0.2, 0) is 9.47 Å². The lowest BCUT2D eigenvalue weighted by Crippen LogP contribution is -2.52. The first-order valence-corrected chi connectivity index (χ1v) is 8.72. The first kappa shape index (κ1) is 15.1. The summed E-state index contributed by atoms with van der Waals surface area (Å²) >= 11 is 0. The smallest absolute Gasteiger partial charge is 0.221 e. The summed E-state index contributed by atoms with van der Waals surface area (Å²) < 4.78 is 12.2. The molecule has 6 nitrogen and oxygen atoms in total. The molecule has 1 aliphatic heterocycles. The molecule has 0 spiro atoms. The molecule has 126 valence electrons. The third-order valence-electron chi connectivity index (χ3n) is 5.76. The number of rotatable bonds is 5. The number of hydrogen-bond donors (Lipinski definition) is 1. The molecule has 2 saturated carbocycles. The van der Waals surface area contributed by atoms with E-state index in [1.165, 1.54) is 12.8 Å². The van der Waals surface area contributed by atoms with E-state index in [0.717, 1.165) is 50.6 Å². The van der Waals surface area contributed by atoms with Gasteiger partial charge in [-0.05, 0) is 50.5 Å². The number of methoxy groups -OCH3 is 1. The van der Waals surface area contributed by atoms with Gasteiger partial charge in [0.25, 0.3) is 0 Å². The molecule has 0 radical (unpaired) electrons. The molecule has 1 aromatic heterocycles. The second-order valence-corrected chi connectivity index (χ2v) is 7.17. The highest BCUT2D eigenvalue weighted by atomic mass is 16.5. The zero-order chi connectivity index (χ0) is 15.9. The summed E-state index contributed by atoms with van der Waals surface area (Å²) in [6.07, 6.45) is 8.93. The van der Waals surface area contributed by atoms with Crippen LogP contribution in [0.5, 0.6) is 0 Å². The molecule has 0 bridgehead atoms. The van der Waals surface area contributed by atoms with Crippen LogP contribution in [0.25, 0.3) is 0 Å². The monoisotopic (exact) mass is 318 g/mol. The second kappa shape index (κ2) is 5.91. The topological polar surface area (TPSA) is 73.5 Å². The number of nitrogen functional groups attached to an aromatic ring is 1. The van der Waals surface area contributed by atoms with Crippen LogP contribution >= 0.6 is 0 Å². The van der Waals surface area contributed by atoms with Gasteiger partial charge in [-0.25, -0.2) is 4.98 Å². The lowest BCUT2D eigenvalue weighted by atomic mass is 9.79. The number of ether oxygens (including phenoxy) is 2. The van der Waals surface area contributed by atoms with E-state index in [0.29, 0.717) is 18.1 Å². The van der Waals surface area contributed by atoms with E-state index in [9.17, 15) is 0 Å². The SMILES string of the molecule is CO[C@@]12CC[C@@H](OCC3CC3)C[C@@H]1N(c1ccnc(N)n1)CC2. The highest BCUT2D eigenvalue weighted by Gasteiger charge is 2.51. The van der Waals surface area contributed by atoms with Crippen molar-refractivity contribution in [2.45, 2.75) is 56.3 Å². The molecule has 0 aromatic carbocycles. The average Bonchev–Trinajstić information content (AvgIpc) is 3.32. The fraction of sp³-hybridized carbons (Fsp3) is 0.765. The number of fused-ring (bicyclic) bond motifs is 1. The van der Waals surface area contributed by atoms with Crippen LogP contribution < -0.4 is 10.6 Å². The Morgan fingerprint density at radius 1 is 1.35 bits per heavy atom. The molecular weight excluding hydrogens is 292 g/mol. The lowest BCUT2D eigenvalue weighted by Gasteiger charge is -2.43. The molecule has 3 fully saturated rings. The molecule has 2 N–H and O–H groups in total. The summed E-state index contributed by atoms with van der Waals surface area (Å²) in [5.41, 5.74) is 5.70. The van der Waals surface area contributed by atoms with Crippen molar-refractivity contribution in [3.05, 3.63) is 12.3 Å². The van der Waals surface area contributed by atoms with Crippen LogP contribution in [0.15, 0.2) is 12.3 Å². The van der Waals surface area contributed by atoms with Crippen molar-refractivity contribution in [1.29, 1.82) is 0 Å². The number of nitrogens with two attached hydrogens (primary N) is 1. The molecule has 0 unspecified atom stereocenters. The van der Waals surface area contributed by atoms with E-state index in [-0.39, 0.29) is 5.60 Å². The quantitative estimate of drug-likeness (QED) is 0.895. The summed E-state index contributed by atoms with van der Waals surface area (Å²) in [5.74, 6) is 2.05. The molecule has 6 heteroatoms. The predicted molar refractivity (Wildman–Crippen MR) is 88.3 cm³/mol. The summed E-state index contributed by atoms with van der Waals surface area (Å²) in [4.78, 5) is 10.8. The number of anilines is 2. The molecule has 23 heavy (non-hydrogen) atoms. The zero-order valence-electron chi connectivity index (χ0n) is 13.8. The van der Waals surface area contributed by atoms with Gasteiger partial charge < -0.3 is 20.1 Å². The zero-order valence-corrected chi connectivity index (χ0v) is 13.8. The maximum atomic E-state index is 6.17. The fourth-order valence-corrected chi connectivity index (χ4v) is 4.17. The molecule has 3 aliphatic rings. The Kier molecular flexibility index (Phi) is 3.89. The fourth-order valence-electron chi connectivity index (χ4n) is 4.17. The van der Waals surface area contributed by atoms with Crippen LogP contribution in [0.3, 0.4) is 0 Å². The second-order valence-electron chi connectivity index (χ2n) is 7.17. The highest BCUT2D eigenvalue weighted by molar-refractivity contribution is 5.45. The van der Waals surface area contributed by atoms with Crippen molar-refractivity contribution >= 4 is 11.8 Å². The Morgan fingerprint density at radius 2 is 2.22 bits per heavy atom. The van der Waals surface area contributed by atoms with Gasteiger partial charge in [-0.2, -0.15) is 4.98 Å². The standard InChI is InChI=1S/C17H26N4O2/c1-22-17-6-4-13(23-11-12-2-3-12)10-14(17)21(9-7-17)15-5-8-19-16(18)20-15/h5,8,12-14H,2-4,6-7,9-11H2,1H3,(H2,18,19,20)/t13-,14+,17-/m1/s1. The molecule has 4 rings (SSSR count). The Balaban J connectivity index is 1.52. The Bertz CT molecular complexity index is 565. The largest absolute Gasteiger partial charge is 0.378 e. The normalized spacial score (nSPS) is 33.7. The lowest BCUT2D eigenvalue weighted by molar-refractivity contribution is -0.0816. The Hall–Kier alpha value is -1.40. The van der Waals surface area contributed by atoms with Crippen molar-refractivity contribution in [2.75, 3.05) is 30.9 Å². The van der Waals surface area contributed by atoms with Crippen LogP contribution in [0.2, 0.25) is 0 Å². The molecule has 2 aliphatic carbocycles. The van der Waals surface area contributed by atoms with Gasteiger partial charge in [-0.3, -0.25) is 0 Å². The summed E-state index contributed by atoms with van der Waals surface area (Å²) in [7, 11) is 1.84. The number of hydrogen-bond acceptors (Lipinski definition) is 6. The third-order valence-corrected chi connectivity index (χ3v) is 5.76. The van der Waals surface area contributed by atoms with E-state index in [2.05, 4.69) is 14.9 Å². The molecule has 3 atom stereocenters. The summed E-state index contributed by atoms with van der Waals surface area (Å²) in [6, 6.07) is 2.25. The Morgan fingerprint density at radius 3 is 2.96 bits per heavy atom. The van der Waals surface area contributed by atoms with Gasteiger partial charge in [-0.15, -0.1) is 0 Å². The van der Waals surface area contributed by atoms with Gasteiger partial charge in [0.05, 0.1) is 17.7 Å². The summed E-state index contributed by atoms with van der Waals surface area (Å²) in [5, 5.41) is 0. The van der Waals surface area contributed by atoms with E-state index in [1.54, 1.807) is 6.20 Å². The van der Waals surface area contributed by atoms with Gasteiger partial charge in [0, 0.05) is 26.5 Å². The molecule has 0 amide bonds. The first-order chi connectivity index (χ1) is 11.2. The van der Waals surface area contributed by atoms with E-state index < -0.39 is 0 Å². The minimum atomic E-state index is -0.0703. The number of nitrogens with zero attached hydrogens (tertiary/aromatic N) is 3. The first-order valence-electron chi connectivity index (χ1n) is 8.72. The maximum absolute atomic E-state index is 6.17. The van der Waals surface area contributed by atoms with E-state index in [4.69, 9.17) is 15.2 Å². The van der Waals surface area contributed by atoms with Gasteiger partial charge in [0.15, 0.2) is 0 Å². The predicted octanol–water partition coefficient (Wildman–Crippen LogP) is 2.00. The summed E-state index contributed by atoms with van der Waals surface area (Å²) in [6.45, 7) is 1.88. The van der Waals surface area contributed by atoms with Crippen LogP contribution in [-0.4, -0.2) is 48.0 Å². The van der Waals surface area contributed by atoms with Crippen molar-refractivity contribution in [3.63, 3.8) is 0 Å². The maximum Gasteiger partial charge on any atom is 0.221 e. The van der Waals surface area contributed by atoms with Crippen molar-refractivity contribution in [1.82, 2.24) is 9.97 Å². The average molecular weight is 318 g/mol. The van der Waals surface area contributed by atoms with Crippen molar-refractivity contribution in [3.8, 4) is 0 Å². The van der Waals surface area contributed by atoms with Crippen LogP contribution in [0.4, 0.5) is 11.8 Å². The molecule has 1 aromatic rings. The minimum absolute atomic E-state index is 0.0703. The van der Waals surface area contributed by atoms with Gasteiger partial charge >= 0.3 is 0 Å². The van der Waals surface area contributed by atoms with Gasteiger partial charge in [0.1, 0.15) is 5.82 Å². The van der Waals surface area contributed by atoms with Gasteiger partial charge in [0.2, 0.25) is 5.95 Å². The van der Waals surface area contributed by atoms with E-state index >= 15 is 0 Å². The molecular formula is C17H26N4O2. The van der Waals surface area contributed by atoms with Crippen LogP contribution in [0.1, 0.15) is 38.5 Å². The minimum Gasteiger partial charge on any atom is -0.378 e. The van der Waals surface area contributed by atoms with Crippen molar-refractivity contribution < 1.29 is 9.47 Å². The van der Waals surface area contributed by atoms with Crippen LogP contribution in [0, 0.1) is 5.92 Å². The molecule has 2 heterocycles. The van der Waals surface area contributed by atoms with E-state index in [1.807, 2.05) is 13.2 Å². The number of aromatic nitrogens is 2. The highest BCUT2D eigenvalue weighted by Crippen LogP contribution is 2.44. The Labute approximate surface area is 137 Å². The van der Waals surface area contributed by atoms with Gasteiger partial charge in [-0.1, -0.05) is 0 Å². The van der Waals surface area contributed by atoms with Crippen molar-refractivity contribution in [2.24, 2.45) is 5.92 Å². The third kappa shape index (κ3) is 2.90. The molecule has 1 saturated heterocycles.